The Morgan fingerprint density at radius 1 is 1.13 bits per heavy atom. The molecule has 1 aromatic heterocycles. The van der Waals surface area contributed by atoms with E-state index in [1.54, 1.807) is 22.8 Å². The predicted octanol–water partition coefficient (Wildman–Crippen LogP) is 2.50. The number of nitrogens with zero attached hydrogens (tertiary/aromatic N) is 3. The van der Waals surface area contributed by atoms with Gasteiger partial charge in [0, 0.05) is 24.3 Å². The minimum absolute atomic E-state index is 0.118. The maximum atomic E-state index is 13.2. The van der Waals surface area contributed by atoms with E-state index < -0.39 is 23.4 Å². The van der Waals surface area contributed by atoms with Gasteiger partial charge in [-0.25, -0.2) is 4.79 Å². The van der Waals surface area contributed by atoms with Crippen LogP contribution >= 0.6 is 11.6 Å². The predicted molar refractivity (Wildman–Crippen MR) is 141 cm³/mol. The lowest BCUT2D eigenvalue weighted by molar-refractivity contribution is -0.120. The van der Waals surface area contributed by atoms with Gasteiger partial charge in [-0.15, -0.1) is 0 Å². The first-order valence-corrected chi connectivity index (χ1v) is 12.8. The van der Waals surface area contributed by atoms with Crippen LogP contribution in [0.1, 0.15) is 35.7 Å². The summed E-state index contributed by atoms with van der Waals surface area (Å²) in [7, 11) is 0. The number of benzene rings is 2. The quantitative estimate of drug-likeness (QED) is 0.477. The molecule has 1 aliphatic heterocycles. The van der Waals surface area contributed by atoms with Gasteiger partial charge in [0.1, 0.15) is 6.07 Å². The molecule has 2 aliphatic rings. The summed E-state index contributed by atoms with van der Waals surface area (Å²) in [6, 6.07) is 10.6. The summed E-state index contributed by atoms with van der Waals surface area (Å²) in [6.45, 7) is 2.88. The molecule has 10 nitrogen and oxygen atoms in total. The number of fused-ring (bicyclic) bond motifs is 1. The minimum Gasteiger partial charge on any atom is -0.378 e. The second-order valence-corrected chi connectivity index (χ2v) is 10.0. The normalized spacial score (nSPS) is 18.8. The molecule has 0 bridgehead atoms. The molecule has 196 valence electrons. The number of carbonyl (C=O) groups excluding carboxylic acids is 2. The van der Waals surface area contributed by atoms with Gasteiger partial charge in [0.05, 0.1) is 46.7 Å². The Hall–Kier alpha value is -3.94. The van der Waals surface area contributed by atoms with E-state index in [2.05, 4.69) is 10.6 Å². The van der Waals surface area contributed by atoms with E-state index >= 15 is 0 Å². The minimum atomic E-state index is -0.658. The van der Waals surface area contributed by atoms with Crippen molar-refractivity contribution in [3.8, 4) is 6.07 Å². The molecule has 2 amide bonds. The number of carbonyl (C=O) groups is 2. The molecule has 2 heterocycles. The van der Waals surface area contributed by atoms with Crippen molar-refractivity contribution < 1.29 is 14.3 Å². The first-order chi connectivity index (χ1) is 18.3. The maximum Gasteiger partial charge on any atom is 0.331 e. The van der Waals surface area contributed by atoms with Crippen molar-refractivity contribution in [2.24, 2.45) is 11.8 Å². The maximum absolute atomic E-state index is 13.2. The number of halogens is 1. The molecular weight excluding hydrogens is 510 g/mol. The van der Waals surface area contributed by atoms with E-state index in [1.165, 1.54) is 22.8 Å². The molecule has 2 atom stereocenters. The zero-order valence-corrected chi connectivity index (χ0v) is 21.5. The second kappa shape index (κ2) is 10.4. The molecule has 2 fully saturated rings. The van der Waals surface area contributed by atoms with E-state index in [1.807, 2.05) is 13.0 Å². The second-order valence-electron chi connectivity index (χ2n) is 9.64. The molecule has 11 heteroatoms. The Morgan fingerprint density at radius 3 is 2.61 bits per heavy atom. The first kappa shape index (κ1) is 25.7. The van der Waals surface area contributed by atoms with E-state index in [0.717, 1.165) is 12.8 Å². The molecule has 2 aromatic carbocycles. The average Bonchev–Trinajstić information content (AvgIpc) is 3.61. The van der Waals surface area contributed by atoms with Crippen LogP contribution in [0, 0.1) is 23.2 Å². The zero-order chi connectivity index (χ0) is 27.0. The van der Waals surface area contributed by atoms with Crippen molar-refractivity contribution in [3.63, 3.8) is 0 Å². The number of hydrogen-bond acceptors (Lipinski definition) is 6. The van der Waals surface area contributed by atoms with Crippen molar-refractivity contribution in [1.29, 1.82) is 5.26 Å². The van der Waals surface area contributed by atoms with Crippen LogP contribution in [-0.4, -0.2) is 40.2 Å². The summed E-state index contributed by atoms with van der Waals surface area (Å²) in [5, 5.41) is 15.2. The fourth-order valence-electron chi connectivity index (χ4n) is 4.72. The Morgan fingerprint density at radius 2 is 1.92 bits per heavy atom. The molecule has 1 saturated heterocycles. The highest BCUT2D eigenvalue weighted by Gasteiger charge is 2.35. The summed E-state index contributed by atoms with van der Waals surface area (Å²) < 4.78 is 8.29. The summed E-state index contributed by atoms with van der Waals surface area (Å²) >= 11 is 6.06. The lowest BCUT2D eigenvalue weighted by Crippen LogP contribution is -2.44. The molecule has 3 aromatic rings. The number of nitriles is 1. The largest absolute Gasteiger partial charge is 0.378 e. The van der Waals surface area contributed by atoms with Gasteiger partial charge in [-0.1, -0.05) is 11.6 Å². The molecule has 0 radical (unpaired) electrons. The standard InChI is InChI=1S/C27H26ClN5O5/c1-2-32-23-8-6-16(9-19(23)26(36)33(27(32)37)12-15-3-4-15)24(34)31-22-14-38-13-20(22)25(35)30-18-7-5-17(11-29)21(28)10-18/h5-10,15,20,22H,2-4,12-14H2,1H3,(H,30,35)(H,31,34). The van der Waals surface area contributed by atoms with Crippen LogP contribution in [0.4, 0.5) is 5.69 Å². The summed E-state index contributed by atoms with van der Waals surface area (Å²) in [6.07, 6.45) is 1.99. The number of rotatable bonds is 7. The van der Waals surface area contributed by atoms with Gasteiger partial charge in [-0.05, 0) is 62.1 Å². The van der Waals surface area contributed by atoms with Gasteiger partial charge in [-0.3, -0.25) is 23.5 Å². The van der Waals surface area contributed by atoms with Crippen molar-refractivity contribution in [2.75, 3.05) is 18.5 Å². The van der Waals surface area contributed by atoms with Crippen LogP contribution in [-0.2, 0) is 22.6 Å². The highest BCUT2D eigenvalue weighted by Crippen LogP contribution is 2.30. The number of anilines is 1. The number of aromatic nitrogens is 2. The van der Waals surface area contributed by atoms with Crippen LogP contribution in [0.3, 0.4) is 0 Å². The van der Waals surface area contributed by atoms with E-state index in [9.17, 15) is 19.2 Å². The molecule has 1 aliphatic carbocycles. The highest BCUT2D eigenvalue weighted by molar-refractivity contribution is 6.32. The van der Waals surface area contributed by atoms with Gasteiger partial charge in [0.15, 0.2) is 0 Å². The lowest BCUT2D eigenvalue weighted by Gasteiger charge is -2.19. The van der Waals surface area contributed by atoms with Crippen molar-refractivity contribution >= 4 is 40.0 Å². The van der Waals surface area contributed by atoms with Gasteiger partial charge in [-0.2, -0.15) is 5.26 Å². The van der Waals surface area contributed by atoms with Crippen LogP contribution in [0.25, 0.3) is 10.9 Å². The van der Waals surface area contributed by atoms with Crippen molar-refractivity contribution in [3.05, 3.63) is 73.4 Å². The molecule has 2 unspecified atom stereocenters. The number of hydrogen-bond donors (Lipinski definition) is 2. The number of nitrogens with one attached hydrogen (secondary N) is 2. The lowest BCUT2D eigenvalue weighted by atomic mass is 10.0. The molecule has 2 N–H and O–H groups in total. The third-order valence-electron chi connectivity index (χ3n) is 7.03. The van der Waals surface area contributed by atoms with Crippen molar-refractivity contribution in [1.82, 2.24) is 14.5 Å². The van der Waals surface area contributed by atoms with E-state index in [-0.39, 0.29) is 35.4 Å². The fraction of sp³-hybridized carbons (Fsp3) is 0.370. The van der Waals surface area contributed by atoms with Crippen LogP contribution < -0.4 is 21.9 Å². The van der Waals surface area contributed by atoms with Crippen molar-refractivity contribution in [2.45, 2.75) is 38.9 Å². The smallest absolute Gasteiger partial charge is 0.331 e. The monoisotopic (exact) mass is 535 g/mol. The average molecular weight is 536 g/mol. The van der Waals surface area contributed by atoms with Gasteiger partial charge in [0.2, 0.25) is 5.91 Å². The Balaban J connectivity index is 1.36. The summed E-state index contributed by atoms with van der Waals surface area (Å²) in [5.41, 5.74) is 0.709. The number of amides is 2. The molecule has 5 rings (SSSR count). The zero-order valence-electron chi connectivity index (χ0n) is 20.7. The van der Waals surface area contributed by atoms with Crippen LogP contribution in [0.15, 0.2) is 46.0 Å². The molecule has 0 spiro atoms. The number of ether oxygens (including phenoxy) is 1. The van der Waals surface area contributed by atoms with E-state index in [0.29, 0.717) is 41.2 Å². The SMILES string of the molecule is CCn1c(=O)n(CC2CC2)c(=O)c2cc(C(=O)NC3COCC3C(=O)Nc3ccc(C#N)c(Cl)c3)ccc21. The fourth-order valence-corrected chi connectivity index (χ4v) is 4.94. The molecule has 1 saturated carbocycles. The number of aryl methyl sites for hydroxylation is 1. The Bertz CT molecular complexity index is 1600. The van der Waals surface area contributed by atoms with Gasteiger partial charge in [0.25, 0.3) is 11.5 Å². The Kier molecular flexibility index (Phi) is 7.06. The van der Waals surface area contributed by atoms with Crippen LogP contribution in [0.5, 0.6) is 0 Å². The third kappa shape index (κ3) is 4.95. The topological polar surface area (TPSA) is 135 Å². The van der Waals surface area contributed by atoms with Gasteiger partial charge < -0.3 is 15.4 Å². The van der Waals surface area contributed by atoms with E-state index in [4.69, 9.17) is 21.6 Å². The third-order valence-corrected chi connectivity index (χ3v) is 7.34. The summed E-state index contributed by atoms with van der Waals surface area (Å²) in [4.78, 5) is 52.2. The highest BCUT2D eigenvalue weighted by atomic mass is 35.5. The van der Waals surface area contributed by atoms with Gasteiger partial charge >= 0.3 is 5.69 Å². The van der Waals surface area contributed by atoms with Crippen LogP contribution in [0.2, 0.25) is 5.02 Å². The Labute approximate surface area is 222 Å². The molecular formula is C27H26ClN5O5. The summed E-state index contributed by atoms with van der Waals surface area (Å²) in [5.74, 6) is -1.14. The molecule has 38 heavy (non-hydrogen) atoms. The first-order valence-electron chi connectivity index (χ1n) is 12.5.